The second-order valence-electron chi connectivity index (χ2n) is 15.0. The first-order valence-corrected chi connectivity index (χ1v) is 17.9. The minimum Gasteiger partial charge on any atom is -0.457 e. The maximum atomic E-state index is 13.5. The number of likely N-dealkylation sites (N-methyl/N-ethyl adjacent to an activating group) is 1. The van der Waals surface area contributed by atoms with E-state index < -0.39 is 41.6 Å². The quantitative estimate of drug-likeness (QED) is 0.127. The maximum Gasteiger partial charge on any atom is 0.410 e. The van der Waals surface area contributed by atoms with Gasteiger partial charge in [-0.15, -0.1) is 0 Å². The minimum atomic E-state index is -1.14. The van der Waals surface area contributed by atoms with Crippen LogP contribution in [-0.2, 0) is 23.7 Å². The second-order valence-corrected chi connectivity index (χ2v) is 15.0. The van der Waals surface area contributed by atoms with Gasteiger partial charge in [-0.25, -0.2) is 4.79 Å². The van der Waals surface area contributed by atoms with E-state index >= 15 is 0 Å². The van der Waals surface area contributed by atoms with E-state index in [0.29, 0.717) is 31.8 Å². The van der Waals surface area contributed by atoms with E-state index in [-0.39, 0.29) is 49.0 Å². The number of hydrogen-bond donors (Lipinski definition) is 3. The SMILES string of the molecule is CCC(O)C(C)C1OC1CC(C)(O)/C=C/C=C(\C)C1OC(=O)CC(O)CCC(C)(OC)C(OC(=O)N2C[C@@H]3C[C@H]2CN3CC)/C=C/C1C. The molecule has 0 radical (unpaired) electrons. The maximum absolute atomic E-state index is 13.5. The second kappa shape index (κ2) is 16.2. The lowest BCUT2D eigenvalue weighted by Gasteiger charge is -2.38. The molecule has 0 aliphatic carbocycles. The third kappa shape index (κ3) is 9.48. The number of cyclic esters (lactones) is 1. The monoisotopic (exact) mass is 676 g/mol. The number of fused-ring (bicyclic) bond motifs is 2. The minimum absolute atomic E-state index is 0.00212. The van der Waals surface area contributed by atoms with Crippen molar-refractivity contribution in [2.45, 2.75) is 147 Å². The van der Waals surface area contributed by atoms with Gasteiger partial charge in [0.1, 0.15) is 11.7 Å². The van der Waals surface area contributed by atoms with Gasteiger partial charge in [-0.3, -0.25) is 9.69 Å². The fraction of sp³-hybridized carbons (Fsp3) is 0.784. The van der Waals surface area contributed by atoms with Crippen LogP contribution in [0.4, 0.5) is 4.79 Å². The van der Waals surface area contributed by atoms with Gasteiger partial charge in [0.2, 0.25) is 0 Å². The summed E-state index contributed by atoms with van der Waals surface area (Å²) in [5, 5.41) is 32.0. The molecule has 4 aliphatic rings. The first-order valence-electron chi connectivity index (χ1n) is 17.9. The van der Waals surface area contributed by atoms with Crippen LogP contribution in [0.1, 0.15) is 87.0 Å². The van der Waals surface area contributed by atoms with E-state index in [1.807, 2.05) is 57.7 Å². The summed E-state index contributed by atoms with van der Waals surface area (Å²) in [4.78, 5) is 30.7. The summed E-state index contributed by atoms with van der Waals surface area (Å²) in [5.41, 5.74) is -1.33. The number of rotatable bonds is 11. The van der Waals surface area contributed by atoms with Crippen LogP contribution in [0, 0.1) is 11.8 Å². The smallest absolute Gasteiger partial charge is 0.410 e. The summed E-state index contributed by atoms with van der Waals surface area (Å²) in [6.07, 6.45) is 8.07. The highest BCUT2D eigenvalue weighted by atomic mass is 16.6. The van der Waals surface area contributed by atoms with Crippen LogP contribution < -0.4 is 0 Å². The van der Waals surface area contributed by atoms with Crippen molar-refractivity contribution in [2.24, 2.45) is 11.8 Å². The Balaban J connectivity index is 1.48. The van der Waals surface area contributed by atoms with E-state index in [1.54, 1.807) is 26.2 Å². The van der Waals surface area contributed by atoms with Gasteiger partial charge in [0.25, 0.3) is 0 Å². The van der Waals surface area contributed by atoms with E-state index in [9.17, 15) is 24.9 Å². The topological polar surface area (TPSA) is 142 Å². The Labute approximate surface area is 286 Å². The molecule has 272 valence electrons. The molecule has 4 heterocycles. The van der Waals surface area contributed by atoms with Gasteiger partial charge in [0.15, 0.2) is 6.10 Å². The van der Waals surface area contributed by atoms with E-state index in [2.05, 4.69) is 11.8 Å². The van der Waals surface area contributed by atoms with Crippen molar-refractivity contribution in [3.05, 3.63) is 36.0 Å². The van der Waals surface area contributed by atoms with Crippen LogP contribution >= 0.6 is 0 Å². The number of carbonyl (C=O) groups excluding carboxylic acids is 2. The van der Waals surface area contributed by atoms with E-state index in [1.165, 1.54) is 0 Å². The predicted octanol–water partition coefficient (Wildman–Crippen LogP) is 4.14. The molecule has 10 unspecified atom stereocenters. The number of methoxy groups -OCH3 is 1. The first-order chi connectivity index (χ1) is 22.6. The zero-order valence-corrected chi connectivity index (χ0v) is 30.2. The van der Waals surface area contributed by atoms with Crippen molar-refractivity contribution in [1.29, 1.82) is 0 Å². The Kier molecular flexibility index (Phi) is 13.0. The van der Waals surface area contributed by atoms with E-state index in [0.717, 1.165) is 25.1 Å². The Morgan fingerprint density at radius 2 is 1.98 bits per heavy atom. The number of carbonyl (C=O) groups is 2. The molecule has 12 atom stereocenters. The van der Waals surface area contributed by atoms with Crippen LogP contribution in [0.5, 0.6) is 0 Å². The molecule has 0 aromatic rings. The molecular weight excluding hydrogens is 616 g/mol. The molecule has 2 bridgehead atoms. The summed E-state index contributed by atoms with van der Waals surface area (Å²) in [6.45, 7) is 15.9. The zero-order chi connectivity index (χ0) is 35.4. The normalized spacial score (nSPS) is 38.1. The Morgan fingerprint density at radius 1 is 1.25 bits per heavy atom. The van der Waals surface area contributed by atoms with Crippen LogP contribution in [-0.4, -0.2) is 124 Å². The highest BCUT2D eigenvalue weighted by Crippen LogP contribution is 2.38. The van der Waals surface area contributed by atoms with Gasteiger partial charge in [-0.1, -0.05) is 52.0 Å². The van der Waals surface area contributed by atoms with Crippen LogP contribution in [0.2, 0.25) is 0 Å². The van der Waals surface area contributed by atoms with Crippen molar-refractivity contribution < 1.29 is 43.9 Å². The number of piperazine rings is 1. The molecule has 11 heteroatoms. The zero-order valence-electron chi connectivity index (χ0n) is 30.2. The van der Waals surface area contributed by atoms with Crippen molar-refractivity contribution in [1.82, 2.24) is 9.80 Å². The number of nitrogens with zero attached hydrogens (tertiary/aromatic N) is 2. The number of esters is 1. The summed E-state index contributed by atoms with van der Waals surface area (Å²) >= 11 is 0. The fourth-order valence-corrected chi connectivity index (χ4v) is 7.55. The number of ether oxygens (including phenoxy) is 4. The number of epoxide rings is 1. The van der Waals surface area contributed by atoms with Gasteiger partial charge >= 0.3 is 12.1 Å². The average Bonchev–Trinajstić information content (AvgIpc) is 3.48. The molecular formula is C37H60N2O9. The number of allylic oxidation sites excluding steroid dienone is 2. The third-order valence-corrected chi connectivity index (χ3v) is 11.0. The summed E-state index contributed by atoms with van der Waals surface area (Å²) in [5.74, 6) is -0.826. The summed E-state index contributed by atoms with van der Waals surface area (Å²) in [7, 11) is 1.57. The van der Waals surface area contributed by atoms with Gasteiger partial charge in [-0.05, 0) is 64.6 Å². The number of amides is 1. The largest absolute Gasteiger partial charge is 0.457 e. The van der Waals surface area contributed by atoms with Gasteiger partial charge in [0.05, 0.1) is 36.4 Å². The highest BCUT2D eigenvalue weighted by Gasteiger charge is 2.48. The lowest BCUT2D eigenvalue weighted by atomic mass is 9.88. The van der Waals surface area contributed by atoms with Gasteiger partial charge in [0, 0.05) is 50.5 Å². The molecule has 4 rings (SSSR count). The summed E-state index contributed by atoms with van der Waals surface area (Å²) in [6, 6.07) is 0.488. The van der Waals surface area contributed by atoms with Gasteiger partial charge in [-0.2, -0.15) is 0 Å². The number of hydrogen-bond acceptors (Lipinski definition) is 10. The molecule has 4 aliphatic heterocycles. The number of aliphatic hydroxyl groups is 3. The molecule has 0 spiro atoms. The van der Waals surface area contributed by atoms with Crippen LogP contribution in [0.3, 0.4) is 0 Å². The molecule has 3 N–H and O–H groups in total. The van der Waals surface area contributed by atoms with Crippen molar-refractivity contribution >= 4 is 12.1 Å². The molecule has 11 nitrogen and oxygen atoms in total. The van der Waals surface area contributed by atoms with Crippen molar-refractivity contribution in [3.63, 3.8) is 0 Å². The Hall–Kier alpha value is -2.28. The molecule has 0 aromatic carbocycles. The highest BCUT2D eigenvalue weighted by molar-refractivity contribution is 5.71. The third-order valence-electron chi connectivity index (χ3n) is 11.0. The lowest BCUT2D eigenvalue weighted by Crippen LogP contribution is -2.51. The van der Waals surface area contributed by atoms with E-state index in [4.69, 9.17) is 18.9 Å². The molecule has 0 saturated carbocycles. The molecule has 3 fully saturated rings. The summed E-state index contributed by atoms with van der Waals surface area (Å²) < 4.78 is 23.8. The standard InChI is InChI=1S/C37H60N2O9/c1-9-29(41)25(5)34-30(46-34)20-36(6,44)16-11-12-23(3)33-24(4)13-14-31(37(7,45-8)17-15-28(40)19-32(42)48-33)47-35(43)39-22-26-18-27(39)21-38(26)10-2/h11-14,16,24-31,33-34,40-41,44H,9-10,15,17-22H2,1-8H3/b14-13+,16-11+,23-12+/t24?,25?,26-,27-,28?,29?,30?,31?,33?,34?,36?,37?/m0/s1. The number of aliphatic hydroxyl groups excluding tert-OH is 2. The van der Waals surface area contributed by atoms with Crippen molar-refractivity contribution in [2.75, 3.05) is 26.7 Å². The van der Waals surface area contributed by atoms with Gasteiger partial charge < -0.3 is 39.2 Å². The Bertz CT molecular complexity index is 1200. The fourth-order valence-electron chi connectivity index (χ4n) is 7.55. The van der Waals surface area contributed by atoms with Crippen LogP contribution in [0.25, 0.3) is 0 Å². The average molecular weight is 677 g/mol. The Morgan fingerprint density at radius 3 is 2.60 bits per heavy atom. The first kappa shape index (κ1) is 38.5. The molecule has 0 aromatic heterocycles. The molecule has 48 heavy (non-hydrogen) atoms. The number of likely N-dealkylation sites (tertiary alicyclic amines) is 2. The van der Waals surface area contributed by atoms with Crippen molar-refractivity contribution in [3.8, 4) is 0 Å². The van der Waals surface area contributed by atoms with Crippen LogP contribution in [0.15, 0.2) is 36.0 Å². The molecule has 3 saturated heterocycles. The predicted molar refractivity (Wildman–Crippen MR) is 182 cm³/mol. The molecule has 1 amide bonds. The lowest BCUT2D eigenvalue weighted by molar-refractivity contribution is -0.151.